The second-order valence-corrected chi connectivity index (χ2v) is 7.46. The minimum atomic E-state index is -4.13. The summed E-state index contributed by atoms with van der Waals surface area (Å²) >= 11 is 0. The van der Waals surface area contributed by atoms with Crippen LogP contribution in [0.25, 0.3) is 0 Å². The number of primary amides is 1. The third-order valence-electron chi connectivity index (χ3n) is 4.04. The van der Waals surface area contributed by atoms with Gasteiger partial charge >= 0.3 is 0 Å². The van der Waals surface area contributed by atoms with E-state index in [2.05, 4.69) is 5.32 Å². The molecule has 3 amide bonds. The van der Waals surface area contributed by atoms with E-state index in [1.54, 1.807) is 18.2 Å². The van der Waals surface area contributed by atoms with Gasteiger partial charge in [-0.05, 0) is 31.2 Å². The van der Waals surface area contributed by atoms with Crippen molar-refractivity contribution < 1.29 is 22.8 Å². The van der Waals surface area contributed by atoms with Crippen molar-refractivity contribution in [2.24, 2.45) is 5.73 Å². The smallest absolute Gasteiger partial charge is 0.269 e. The van der Waals surface area contributed by atoms with E-state index in [0.29, 0.717) is 4.31 Å². The summed E-state index contributed by atoms with van der Waals surface area (Å²) in [5.74, 6) is -2.28. The minimum absolute atomic E-state index is 0.0182. The van der Waals surface area contributed by atoms with E-state index < -0.39 is 33.8 Å². The zero-order valence-corrected chi connectivity index (χ0v) is 14.5. The van der Waals surface area contributed by atoms with Crippen molar-refractivity contribution in [1.29, 1.82) is 0 Å². The maximum Gasteiger partial charge on any atom is 0.269 e. The van der Waals surface area contributed by atoms with Gasteiger partial charge in [0.05, 0.1) is 16.8 Å². The highest BCUT2D eigenvalue weighted by molar-refractivity contribution is 7.90. The molecule has 1 aliphatic rings. The number of carbonyl (C=O) groups excluding carboxylic acids is 3. The number of para-hydroxylation sites is 1. The van der Waals surface area contributed by atoms with Crippen molar-refractivity contribution in [3.8, 4) is 0 Å². The van der Waals surface area contributed by atoms with E-state index in [9.17, 15) is 22.8 Å². The molecule has 2 aromatic rings. The van der Waals surface area contributed by atoms with Crippen LogP contribution in [-0.2, 0) is 14.8 Å². The lowest BCUT2D eigenvalue weighted by Gasteiger charge is -2.22. The van der Waals surface area contributed by atoms with Crippen LogP contribution in [0.4, 0.5) is 5.69 Å². The molecular formula is C17H15N3O5S. The molecular weight excluding hydrogens is 358 g/mol. The molecule has 1 heterocycles. The van der Waals surface area contributed by atoms with E-state index in [1.165, 1.54) is 37.3 Å². The number of hydrogen-bond acceptors (Lipinski definition) is 5. The molecule has 0 spiro atoms. The summed E-state index contributed by atoms with van der Waals surface area (Å²) in [6.07, 6.45) is 0. The molecule has 134 valence electrons. The van der Waals surface area contributed by atoms with Crippen LogP contribution in [0.2, 0.25) is 0 Å². The first-order valence-electron chi connectivity index (χ1n) is 7.62. The zero-order chi connectivity index (χ0) is 19.1. The molecule has 2 aromatic carbocycles. The summed E-state index contributed by atoms with van der Waals surface area (Å²) in [7, 11) is -4.13. The lowest BCUT2D eigenvalue weighted by Crippen LogP contribution is -2.45. The molecule has 0 bridgehead atoms. The Labute approximate surface area is 149 Å². The van der Waals surface area contributed by atoms with Crippen LogP contribution in [0, 0.1) is 0 Å². The Morgan fingerprint density at radius 2 is 1.69 bits per heavy atom. The summed E-state index contributed by atoms with van der Waals surface area (Å²) in [6.45, 7) is 1.30. The predicted octanol–water partition coefficient (Wildman–Crippen LogP) is 0.957. The number of fused-ring (bicyclic) bond motifs is 1. The normalized spacial score (nSPS) is 16.0. The van der Waals surface area contributed by atoms with Gasteiger partial charge in [-0.1, -0.05) is 24.3 Å². The Bertz CT molecular complexity index is 1030. The quantitative estimate of drug-likeness (QED) is 0.825. The van der Waals surface area contributed by atoms with Crippen molar-refractivity contribution in [3.63, 3.8) is 0 Å². The fraction of sp³-hybridized carbons (Fsp3) is 0.118. The van der Waals surface area contributed by atoms with Gasteiger partial charge in [-0.15, -0.1) is 0 Å². The van der Waals surface area contributed by atoms with E-state index >= 15 is 0 Å². The third-order valence-corrected chi connectivity index (χ3v) is 5.95. The maximum atomic E-state index is 12.6. The molecule has 3 rings (SSSR count). The Balaban J connectivity index is 1.91. The predicted molar refractivity (Wildman–Crippen MR) is 92.8 cm³/mol. The molecule has 26 heavy (non-hydrogen) atoms. The molecule has 0 aromatic heterocycles. The Hall–Kier alpha value is -3.20. The highest BCUT2D eigenvalue weighted by Crippen LogP contribution is 2.32. The number of nitrogens with one attached hydrogen (secondary N) is 1. The van der Waals surface area contributed by atoms with Crippen LogP contribution in [0.5, 0.6) is 0 Å². The van der Waals surface area contributed by atoms with Crippen LogP contribution in [0.3, 0.4) is 0 Å². The minimum Gasteiger partial charge on any atom is -0.366 e. The van der Waals surface area contributed by atoms with Gasteiger partial charge in [0.1, 0.15) is 10.9 Å². The third kappa shape index (κ3) is 2.72. The van der Waals surface area contributed by atoms with Gasteiger partial charge < -0.3 is 11.1 Å². The molecule has 9 heteroatoms. The topological polar surface area (TPSA) is 127 Å². The van der Waals surface area contributed by atoms with Crippen molar-refractivity contribution in [3.05, 3.63) is 59.7 Å². The Kier molecular flexibility index (Phi) is 4.25. The summed E-state index contributed by atoms with van der Waals surface area (Å²) in [6, 6.07) is 10.5. The number of anilines is 1. The average Bonchev–Trinajstić information content (AvgIpc) is 2.81. The van der Waals surface area contributed by atoms with Crippen molar-refractivity contribution in [2.45, 2.75) is 17.9 Å². The largest absolute Gasteiger partial charge is 0.366 e. The number of carbonyl (C=O) groups is 3. The molecule has 0 unspecified atom stereocenters. The molecule has 0 radical (unpaired) electrons. The molecule has 0 aliphatic carbocycles. The van der Waals surface area contributed by atoms with Gasteiger partial charge in [-0.2, -0.15) is 0 Å². The maximum absolute atomic E-state index is 12.6. The lowest BCUT2D eigenvalue weighted by molar-refractivity contribution is -0.118. The van der Waals surface area contributed by atoms with Gasteiger partial charge in [0.25, 0.3) is 21.8 Å². The number of sulfonamides is 1. The number of nitrogens with two attached hydrogens (primary N) is 1. The van der Waals surface area contributed by atoms with E-state index in [4.69, 9.17) is 5.73 Å². The van der Waals surface area contributed by atoms with Gasteiger partial charge in [0.2, 0.25) is 5.91 Å². The number of nitrogens with zero attached hydrogens (tertiary/aromatic N) is 1. The molecule has 8 nitrogen and oxygen atoms in total. The van der Waals surface area contributed by atoms with Crippen LogP contribution < -0.4 is 11.1 Å². The number of rotatable bonds is 4. The monoisotopic (exact) mass is 373 g/mol. The number of amides is 3. The summed E-state index contributed by atoms with van der Waals surface area (Å²) in [4.78, 5) is 36.3. The lowest BCUT2D eigenvalue weighted by atomic mass is 10.1. The van der Waals surface area contributed by atoms with Crippen LogP contribution in [0.15, 0.2) is 53.4 Å². The molecule has 1 aliphatic heterocycles. The molecule has 0 saturated heterocycles. The second kappa shape index (κ2) is 6.26. The standard InChI is InChI=1S/C17H15N3O5S/c1-10(16(22)19-13-8-4-2-6-11(13)15(18)21)20-17(23)12-7-3-5-9-14(12)26(20,24)25/h2-10H,1H3,(H2,18,21)(H,19,22)/t10-/m1/s1. The van der Waals surface area contributed by atoms with E-state index in [1.807, 2.05) is 0 Å². The SMILES string of the molecule is C[C@H](C(=O)Nc1ccccc1C(N)=O)N1C(=O)c2ccccc2S1(=O)=O. The molecule has 1 atom stereocenters. The first-order chi connectivity index (χ1) is 12.2. The summed E-state index contributed by atoms with van der Waals surface area (Å²) < 4.78 is 25.8. The number of hydrogen-bond donors (Lipinski definition) is 2. The highest BCUT2D eigenvalue weighted by Gasteiger charge is 2.45. The van der Waals surface area contributed by atoms with Crippen LogP contribution in [0.1, 0.15) is 27.6 Å². The fourth-order valence-corrected chi connectivity index (χ4v) is 4.46. The number of benzene rings is 2. The second-order valence-electron chi connectivity index (χ2n) is 5.68. The van der Waals surface area contributed by atoms with Crippen molar-refractivity contribution in [2.75, 3.05) is 5.32 Å². The summed E-state index contributed by atoms with van der Waals surface area (Å²) in [5.41, 5.74) is 5.49. The molecule has 0 saturated carbocycles. The van der Waals surface area contributed by atoms with Crippen LogP contribution >= 0.6 is 0 Å². The van der Waals surface area contributed by atoms with Crippen molar-refractivity contribution >= 4 is 33.4 Å². The van der Waals surface area contributed by atoms with Gasteiger partial charge in [0, 0.05) is 0 Å². The fourth-order valence-electron chi connectivity index (χ4n) is 2.74. The zero-order valence-electron chi connectivity index (χ0n) is 13.7. The average molecular weight is 373 g/mol. The van der Waals surface area contributed by atoms with E-state index in [-0.39, 0.29) is 21.7 Å². The first-order valence-corrected chi connectivity index (χ1v) is 9.06. The highest BCUT2D eigenvalue weighted by atomic mass is 32.2. The first kappa shape index (κ1) is 17.6. The Morgan fingerprint density at radius 3 is 2.35 bits per heavy atom. The molecule has 3 N–H and O–H groups in total. The molecule has 0 fully saturated rings. The van der Waals surface area contributed by atoms with Crippen molar-refractivity contribution in [1.82, 2.24) is 4.31 Å². The van der Waals surface area contributed by atoms with Gasteiger partial charge in [-0.25, -0.2) is 12.7 Å². The van der Waals surface area contributed by atoms with Gasteiger partial charge in [0.15, 0.2) is 0 Å². The summed E-state index contributed by atoms with van der Waals surface area (Å²) in [5, 5.41) is 2.46. The van der Waals surface area contributed by atoms with E-state index in [0.717, 1.165) is 0 Å². The van der Waals surface area contributed by atoms with Gasteiger partial charge in [-0.3, -0.25) is 14.4 Å². The van der Waals surface area contributed by atoms with Crippen LogP contribution in [-0.4, -0.2) is 36.5 Å². The Morgan fingerprint density at radius 1 is 1.08 bits per heavy atom.